The Bertz CT molecular complexity index is 478. The topological polar surface area (TPSA) is 62.7 Å². The third kappa shape index (κ3) is 8.86. The van der Waals surface area contributed by atoms with Crippen LogP contribution in [0.5, 0.6) is 0 Å². The van der Waals surface area contributed by atoms with Gasteiger partial charge in [-0.15, -0.1) is 24.0 Å². The second-order valence-corrected chi connectivity index (χ2v) is 4.75. The quantitative estimate of drug-likeness (QED) is 0.235. The molecule has 0 atom stereocenters. The molecule has 1 rings (SSSR count). The number of hydrogen-bond acceptors (Lipinski definition) is 3. The van der Waals surface area contributed by atoms with Crippen LogP contribution in [0, 0.1) is 6.92 Å². The van der Waals surface area contributed by atoms with E-state index in [1.807, 2.05) is 13.0 Å². The van der Waals surface area contributed by atoms with Crippen LogP contribution in [0.3, 0.4) is 0 Å². The fourth-order valence-corrected chi connectivity index (χ4v) is 1.90. The van der Waals surface area contributed by atoms with Crippen LogP contribution in [0.15, 0.2) is 29.3 Å². The zero-order valence-corrected chi connectivity index (χ0v) is 15.8. The first-order chi connectivity index (χ1) is 10.2. The summed E-state index contributed by atoms with van der Waals surface area (Å²) in [4.78, 5) is 15.4. The minimum atomic E-state index is -0.151. The van der Waals surface area contributed by atoms with E-state index in [4.69, 9.17) is 4.74 Å². The number of aryl methyl sites for hydroxylation is 1. The Morgan fingerprint density at radius 1 is 1.32 bits per heavy atom. The van der Waals surface area contributed by atoms with E-state index in [-0.39, 0.29) is 29.9 Å². The molecule has 0 heterocycles. The number of hydrogen-bond donors (Lipinski definition) is 2. The van der Waals surface area contributed by atoms with Crippen molar-refractivity contribution >= 4 is 35.9 Å². The van der Waals surface area contributed by atoms with Gasteiger partial charge in [-0.3, -0.25) is 9.79 Å². The molecule has 6 heteroatoms. The zero-order valence-electron chi connectivity index (χ0n) is 13.5. The monoisotopic (exact) mass is 419 g/mol. The average Bonchev–Trinajstić information content (AvgIpc) is 2.47. The molecule has 0 spiro atoms. The van der Waals surface area contributed by atoms with E-state index in [9.17, 15) is 4.79 Å². The summed E-state index contributed by atoms with van der Waals surface area (Å²) in [5.74, 6) is 0.586. The summed E-state index contributed by atoms with van der Waals surface area (Å²) in [5, 5.41) is 6.43. The molecule has 2 N–H and O–H groups in total. The number of guanidine groups is 1. The summed E-state index contributed by atoms with van der Waals surface area (Å²) in [5.41, 5.74) is 2.45. The fourth-order valence-electron chi connectivity index (χ4n) is 1.90. The lowest BCUT2D eigenvalue weighted by Crippen LogP contribution is -2.37. The normalized spacial score (nSPS) is 10.6. The number of aliphatic imine (C=N–C) groups is 1. The predicted molar refractivity (Wildman–Crippen MR) is 101 cm³/mol. The van der Waals surface area contributed by atoms with Gasteiger partial charge in [-0.2, -0.15) is 0 Å². The molecule has 0 saturated heterocycles. The van der Waals surface area contributed by atoms with Crippen molar-refractivity contribution in [2.24, 2.45) is 4.99 Å². The highest BCUT2D eigenvalue weighted by atomic mass is 127. The number of halogens is 1. The first-order valence-electron chi connectivity index (χ1n) is 7.31. The molecule has 0 amide bonds. The Morgan fingerprint density at radius 2 is 2.09 bits per heavy atom. The SMILES string of the molecule is CCOC(=O)CCCNC(=NC)NCc1cccc(C)c1.I. The van der Waals surface area contributed by atoms with Crippen LogP contribution < -0.4 is 10.6 Å². The molecular formula is C16H26IN3O2. The lowest BCUT2D eigenvalue weighted by atomic mass is 10.1. The van der Waals surface area contributed by atoms with Gasteiger partial charge in [0.25, 0.3) is 0 Å². The smallest absolute Gasteiger partial charge is 0.305 e. The van der Waals surface area contributed by atoms with Gasteiger partial charge >= 0.3 is 5.97 Å². The maximum absolute atomic E-state index is 11.2. The van der Waals surface area contributed by atoms with E-state index in [0.717, 1.165) is 18.9 Å². The van der Waals surface area contributed by atoms with Gasteiger partial charge in [-0.1, -0.05) is 29.8 Å². The van der Waals surface area contributed by atoms with E-state index < -0.39 is 0 Å². The second-order valence-electron chi connectivity index (χ2n) is 4.75. The molecule has 0 aliphatic heterocycles. The van der Waals surface area contributed by atoms with Gasteiger partial charge in [0, 0.05) is 26.6 Å². The van der Waals surface area contributed by atoms with Crippen LogP contribution >= 0.6 is 24.0 Å². The van der Waals surface area contributed by atoms with Crippen molar-refractivity contribution in [3.8, 4) is 0 Å². The molecule has 1 aromatic rings. The van der Waals surface area contributed by atoms with E-state index in [0.29, 0.717) is 19.6 Å². The number of esters is 1. The highest BCUT2D eigenvalue weighted by Crippen LogP contribution is 2.03. The number of nitrogens with one attached hydrogen (secondary N) is 2. The van der Waals surface area contributed by atoms with Crippen LogP contribution in [0.1, 0.15) is 30.9 Å². The minimum Gasteiger partial charge on any atom is -0.466 e. The summed E-state index contributed by atoms with van der Waals surface area (Å²) in [6.45, 7) is 5.73. The van der Waals surface area contributed by atoms with Crippen molar-refractivity contribution in [2.45, 2.75) is 33.2 Å². The number of rotatable bonds is 7. The Balaban J connectivity index is 0.00000441. The number of carbonyl (C=O) groups is 1. The summed E-state index contributed by atoms with van der Waals surface area (Å²) in [7, 11) is 1.73. The molecule has 0 bridgehead atoms. The largest absolute Gasteiger partial charge is 0.466 e. The minimum absolute atomic E-state index is 0. The Labute approximate surface area is 149 Å². The molecule has 22 heavy (non-hydrogen) atoms. The van der Waals surface area contributed by atoms with Crippen molar-refractivity contribution < 1.29 is 9.53 Å². The van der Waals surface area contributed by atoms with Crippen molar-refractivity contribution in [1.29, 1.82) is 0 Å². The van der Waals surface area contributed by atoms with Crippen LogP contribution in [-0.2, 0) is 16.1 Å². The molecule has 0 aliphatic rings. The Morgan fingerprint density at radius 3 is 2.73 bits per heavy atom. The molecule has 0 aliphatic carbocycles. The van der Waals surface area contributed by atoms with E-state index >= 15 is 0 Å². The summed E-state index contributed by atoms with van der Waals surface area (Å²) in [6, 6.07) is 8.34. The van der Waals surface area contributed by atoms with E-state index in [1.165, 1.54) is 11.1 Å². The molecule has 0 fully saturated rings. The molecule has 124 valence electrons. The first-order valence-corrected chi connectivity index (χ1v) is 7.31. The number of benzene rings is 1. The van der Waals surface area contributed by atoms with Gasteiger partial charge in [0.05, 0.1) is 6.61 Å². The second kappa shape index (κ2) is 12.3. The summed E-state index contributed by atoms with van der Waals surface area (Å²) < 4.78 is 4.88. The van der Waals surface area contributed by atoms with Gasteiger partial charge in [0.2, 0.25) is 0 Å². The average molecular weight is 419 g/mol. The molecule has 1 aromatic carbocycles. The van der Waals surface area contributed by atoms with Crippen molar-refractivity contribution in [1.82, 2.24) is 10.6 Å². The number of carbonyl (C=O) groups excluding carboxylic acids is 1. The molecule has 0 aromatic heterocycles. The standard InChI is InChI=1S/C16H25N3O2.HI/c1-4-21-15(20)9-6-10-18-16(17-3)19-12-14-8-5-7-13(2)11-14;/h5,7-8,11H,4,6,9-10,12H2,1-3H3,(H2,17,18,19);1H. The lowest BCUT2D eigenvalue weighted by Gasteiger charge is -2.12. The van der Waals surface area contributed by atoms with Crippen molar-refractivity contribution in [3.63, 3.8) is 0 Å². The van der Waals surface area contributed by atoms with E-state index in [2.05, 4.69) is 40.7 Å². The van der Waals surface area contributed by atoms with Gasteiger partial charge < -0.3 is 15.4 Å². The highest BCUT2D eigenvalue weighted by molar-refractivity contribution is 14.0. The molecule has 0 saturated carbocycles. The highest BCUT2D eigenvalue weighted by Gasteiger charge is 2.02. The van der Waals surface area contributed by atoms with Gasteiger partial charge in [-0.25, -0.2) is 0 Å². The van der Waals surface area contributed by atoms with Crippen LogP contribution in [-0.4, -0.2) is 32.1 Å². The maximum Gasteiger partial charge on any atom is 0.305 e. The first kappa shape index (κ1) is 20.7. The molecule has 0 unspecified atom stereocenters. The zero-order chi connectivity index (χ0) is 15.5. The summed E-state index contributed by atoms with van der Waals surface area (Å²) in [6.07, 6.45) is 1.15. The van der Waals surface area contributed by atoms with Gasteiger partial charge in [0.15, 0.2) is 5.96 Å². The molecule has 0 radical (unpaired) electrons. The Kier molecular flexibility index (Phi) is 11.5. The van der Waals surface area contributed by atoms with Crippen LogP contribution in [0.25, 0.3) is 0 Å². The van der Waals surface area contributed by atoms with Crippen molar-refractivity contribution in [2.75, 3.05) is 20.2 Å². The van der Waals surface area contributed by atoms with Crippen LogP contribution in [0.2, 0.25) is 0 Å². The number of nitrogens with zero attached hydrogens (tertiary/aromatic N) is 1. The molecular weight excluding hydrogens is 393 g/mol. The maximum atomic E-state index is 11.2. The van der Waals surface area contributed by atoms with Gasteiger partial charge in [-0.05, 0) is 25.8 Å². The summed E-state index contributed by atoms with van der Waals surface area (Å²) >= 11 is 0. The lowest BCUT2D eigenvalue weighted by molar-refractivity contribution is -0.143. The predicted octanol–water partition coefficient (Wildman–Crippen LogP) is 2.62. The van der Waals surface area contributed by atoms with Crippen molar-refractivity contribution in [3.05, 3.63) is 35.4 Å². The third-order valence-corrected chi connectivity index (χ3v) is 2.92. The fraction of sp³-hybridized carbons (Fsp3) is 0.500. The van der Waals surface area contributed by atoms with E-state index in [1.54, 1.807) is 7.05 Å². The third-order valence-electron chi connectivity index (χ3n) is 2.92. The molecule has 5 nitrogen and oxygen atoms in total. The Hall–Kier alpha value is -1.31. The van der Waals surface area contributed by atoms with Gasteiger partial charge in [0.1, 0.15) is 0 Å². The number of ether oxygens (including phenoxy) is 1. The van der Waals surface area contributed by atoms with Crippen LogP contribution in [0.4, 0.5) is 0 Å².